The number of hydrogen-bond donors (Lipinski definition) is 1. The smallest absolute Gasteiger partial charge is 0.168 e. The van der Waals surface area contributed by atoms with Crippen molar-refractivity contribution in [2.75, 3.05) is 12.4 Å². The molecular weight excluding hydrogens is 361 g/mol. The zero-order valence-electron chi connectivity index (χ0n) is 13.3. The lowest BCUT2D eigenvalue weighted by Gasteiger charge is -2.04. The highest BCUT2D eigenvalue weighted by Crippen LogP contribution is 2.21. The third-order valence-corrected chi connectivity index (χ3v) is 3.33. The molecule has 0 spiro atoms. The van der Waals surface area contributed by atoms with Crippen LogP contribution in [0.15, 0.2) is 61.1 Å². The minimum Gasteiger partial charge on any atom is -0.456 e. The summed E-state index contributed by atoms with van der Waals surface area (Å²) in [7, 11) is 1.82. The molecule has 0 saturated heterocycles. The van der Waals surface area contributed by atoms with Crippen molar-refractivity contribution in [2.24, 2.45) is 0 Å². The van der Waals surface area contributed by atoms with Crippen LogP contribution in [-0.4, -0.2) is 23.3 Å². The number of nitrogens with zero attached hydrogens (tertiary/aromatic N) is 2. The van der Waals surface area contributed by atoms with Crippen LogP contribution in [0.5, 0.6) is 11.5 Å². The van der Waals surface area contributed by atoms with Crippen molar-refractivity contribution in [3.05, 3.63) is 76.8 Å². The zero-order valence-corrected chi connectivity index (χ0v) is 14.8. The number of hydrogen-bond acceptors (Lipinski definition) is 5. The number of benzene rings is 1. The van der Waals surface area contributed by atoms with Gasteiger partial charge in [-0.1, -0.05) is 23.2 Å². The van der Waals surface area contributed by atoms with Crippen molar-refractivity contribution in [1.29, 1.82) is 0 Å². The average Bonchev–Trinajstić information content (AvgIpc) is 2.62. The maximum absolute atomic E-state index is 10.5. The second kappa shape index (κ2) is 9.61. The highest BCUT2D eigenvalue weighted by atomic mass is 35.5. The molecule has 0 atom stereocenters. The van der Waals surface area contributed by atoms with E-state index in [0.29, 0.717) is 33.5 Å². The Morgan fingerprint density at radius 3 is 2.40 bits per heavy atom. The number of nitrogens with one attached hydrogen (secondary N) is 1. The van der Waals surface area contributed by atoms with Crippen LogP contribution in [0.4, 0.5) is 5.69 Å². The van der Waals surface area contributed by atoms with Gasteiger partial charge in [0.2, 0.25) is 0 Å². The Balaban J connectivity index is 0.000000196. The van der Waals surface area contributed by atoms with E-state index in [9.17, 15) is 4.79 Å². The molecule has 2 aromatic heterocycles. The summed E-state index contributed by atoms with van der Waals surface area (Å²) in [4.78, 5) is 18.2. The Kier molecular flexibility index (Phi) is 7.19. The summed E-state index contributed by atoms with van der Waals surface area (Å²) in [6.45, 7) is 0. The van der Waals surface area contributed by atoms with E-state index in [1.165, 1.54) is 6.20 Å². The van der Waals surface area contributed by atoms with Gasteiger partial charge in [0.05, 0.1) is 6.20 Å². The number of ether oxygens (including phenoxy) is 1. The first kappa shape index (κ1) is 18.7. The Labute approximate surface area is 155 Å². The van der Waals surface area contributed by atoms with Gasteiger partial charge in [-0.25, -0.2) is 0 Å². The third-order valence-electron chi connectivity index (χ3n) is 2.89. The minimum absolute atomic E-state index is 0.344. The highest BCUT2D eigenvalue weighted by molar-refractivity contribution is 6.35. The van der Waals surface area contributed by atoms with Crippen molar-refractivity contribution >= 4 is 35.2 Å². The molecule has 1 aromatic carbocycles. The van der Waals surface area contributed by atoms with Crippen LogP contribution >= 0.6 is 23.2 Å². The Morgan fingerprint density at radius 1 is 1.04 bits per heavy atom. The van der Waals surface area contributed by atoms with Gasteiger partial charge in [0.15, 0.2) is 6.29 Å². The van der Waals surface area contributed by atoms with Gasteiger partial charge in [0.1, 0.15) is 17.2 Å². The molecule has 128 valence electrons. The number of anilines is 1. The van der Waals surface area contributed by atoms with Crippen molar-refractivity contribution in [2.45, 2.75) is 0 Å². The molecule has 25 heavy (non-hydrogen) atoms. The number of carbonyl (C=O) groups excluding carboxylic acids is 1. The van der Waals surface area contributed by atoms with E-state index in [4.69, 9.17) is 27.9 Å². The van der Waals surface area contributed by atoms with Gasteiger partial charge in [-0.2, -0.15) is 0 Å². The summed E-state index contributed by atoms with van der Waals surface area (Å²) < 4.78 is 5.46. The van der Waals surface area contributed by atoms with E-state index < -0.39 is 0 Å². The van der Waals surface area contributed by atoms with E-state index in [0.717, 1.165) is 5.69 Å². The topological polar surface area (TPSA) is 64.1 Å². The molecule has 0 amide bonds. The van der Waals surface area contributed by atoms with E-state index in [2.05, 4.69) is 15.3 Å². The number of halogens is 2. The lowest BCUT2D eigenvalue weighted by molar-refractivity contribution is 0.111. The molecule has 1 N–H and O–H groups in total. The number of pyridine rings is 2. The molecule has 0 radical (unpaired) electrons. The third kappa shape index (κ3) is 6.41. The van der Waals surface area contributed by atoms with Gasteiger partial charge in [0.25, 0.3) is 0 Å². The summed E-state index contributed by atoms with van der Waals surface area (Å²) >= 11 is 11.4. The Bertz CT molecular complexity index is 809. The predicted molar refractivity (Wildman–Crippen MR) is 99.9 cm³/mol. The van der Waals surface area contributed by atoms with Gasteiger partial charge in [0, 0.05) is 41.2 Å². The molecule has 7 heteroatoms. The van der Waals surface area contributed by atoms with E-state index >= 15 is 0 Å². The second-order valence-corrected chi connectivity index (χ2v) is 5.61. The first-order valence-corrected chi connectivity index (χ1v) is 7.99. The number of aldehydes is 1. The molecule has 0 aliphatic heterocycles. The quantitative estimate of drug-likeness (QED) is 0.641. The van der Waals surface area contributed by atoms with E-state index in [1.807, 2.05) is 19.2 Å². The monoisotopic (exact) mass is 375 g/mol. The molecule has 3 aromatic rings. The van der Waals surface area contributed by atoms with Crippen LogP contribution in [-0.2, 0) is 0 Å². The molecule has 3 rings (SSSR count). The standard InChI is InChI=1S/C11H8N2O2.C7H7Cl2N/c14-8-9-6-10(3-5-13-9)15-11-2-1-4-12-7-11;1-10-7-3-5(8)2-6(9)4-7/h1-8H;2-4,10H,1H3. The van der Waals surface area contributed by atoms with Crippen LogP contribution in [0.25, 0.3) is 0 Å². The van der Waals surface area contributed by atoms with Gasteiger partial charge in [-0.15, -0.1) is 0 Å². The second-order valence-electron chi connectivity index (χ2n) is 4.73. The van der Waals surface area contributed by atoms with Crippen molar-refractivity contribution in [1.82, 2.24) is 9.97 Å². The van der Waals surface area contributed by atoms with Gasteiger partial charge < -0.3 is 10.1 Å². The molecule has 0 saturated carbocycles. The first-order valence-electron chi connectivity index (χ1n) is 7.23. The van der Waals surface area contributed by atoms with Gasteiger partial charge >= 0.3 is 0 Å². The van der Waals surface area contributed by atoms with E-state index in [1.54, 1.807) is 42.7 Å². The molecule has 0 fully saturated rings. The fraction of sp³-hybridized carbons (Fsp3) is 0.0556. The fourth-order valence-corrected chi connectivity index (χ4v) is 2.32. The fourth-order valence-electron chi connectivity index (χ4n) is 1.80. The minimum atomic E-state index is 0.344. The summed E-state index contributed by atoms with van der Waals surface area (Å²) in [6.07, 6.45) is 5.46. The van der Waals surface area contributed by atoms with Crippen LogP contribution < -0.4 is 10.1 Å². The average molecular weight is 376 g/mol. The van der Waals surface area contributed by atoms with Crippen molar-refractivity contribution in [3.63, 3.8) is 0 Å². The zero-order chi connectivity index (χ0) is 18.1. The summed E-state index contributed by atoms with van der Waals surface area (Å²) in [5.41, 5.74) is 1.27. The normalized spacial score (nSPS) is 9.56. The molecule has 2 heterocycles. The van der Waals surface area contributed by atoms with E-state index in [-0.39, 0.29) is 0 Å². The number of aromatic nitrogens is 2. The number of rotatable bonds is 4. The van der Waals surface area contributed by atoms with Gasteiger partial charge in [-0.05, 0) is 36.4 Å². The molecule has 0 aliphatic rings. The van der Waals surface area contributed by atoms with Crippen LogP contribution in [0.3, 0.4) is 0 Å². The van der Waals surface area contributed by atoms with Crippen LogP contribution in [0, 0.1) is 0 Å². The summed E-state index contributed by atoms with van der Waals surface area (Å²) in [5.74, 6) is 1.20. The lowest BCUT2D eigenvalue weighted by Crippen LogP contribution is -1.89. The highest BCUT2D eigenvalue weighted by Gasteiger charge is 1.98. The SMILES string of the molecule is CNc1cc(Cl)cc(Cl)c1.O=Cc1cc(Oc2cccnc2)ccn1. The van der Waals surface area contributed by atoms with Crippen molar-refractivity contribution in [3.8, 4) is 11.5 Å². The van der Waals surface area contributed by atoms with Crippen LogP contribution in [0.1, 0.15) is 10.5 Å². The predicted octanol–water partition coefficient (Wildman–Crippen LogP) is 5.12. The molecule has 5 nitrogen and oxygen atoms in total. The Morgan fingerprint density at radius 2 is 1.80 bits per heavy atom. The van der Waals surface area contributed by atoms with Crippen LogP contribution in [0.2, 0.25) is 10.0 Å². The maximum atomic E-state index is 10.5. The molecule has 0 unspecified atom stereocenters. The van der Waals surface area contributed by atoms with Gasteiger partial charge in [-0.3, -0.25) is 14.8 Å². The van der Waals surface area contributed by atoms with Crippen molar-refractivity contribution < 1.29 is 9.53 Å². The molecular formula is C18H15Cl2N3O2. The Hall–Kier alpha value is -2.63. The lowest BCUT2D eigenvalue weighted by atomic mass is 10.3. The summed E-state index contributed by atoms with van der Waals surface area (Å²) in [6, 6.07) is 12.1. The maximum Gasteiger partial charge on any atom is 0.168 e. The molecule has 0 bridgehead atoms. The largest absolute Gasteiger partial charge is 0.456 e. The summed E-state index contributed by atoms with van der Waals surface area (Å²) in [5, 5.41) is 4.24. The number of carbonyl (C=O) groups is 1. The molecule has 0 aliphatic carbocycles. The first-order chi connectivity index (χ1) is 12.1.